The molecule has 1 aliphatic heterocycles. The second kappa shape index (κ2) is 6.29. The first-order valence-corrected chi connectivity index (χ1v) is 7.50. The first-order chi connectivity index (χ1) is 8.97. The van der Waals surface area contributed by atoms with Crippen molar-refractivity contribution in [3.63, 3.8) is 0 Å². The molecule has 1 N–H and O–H groups in total. The van der Waals surface area contributed by atoms with Crippen LogP contribution in [-0.4, -0.2) is 35.3 Å². The molecule has 2 nitrogen and oxygen atoms in total. The minimum Gasteiger partial charge on any atom is -0.360 e. The van der Waals surface area contributed by atoms with Gasteiger partial charge < -0.3 is 10.2 Å². The van der Waals surface area contributed by atoms with Crippen LogP contribution in [0.15, 0.2) is 0 Å². The van der Waals surface area contributed by atoms with E-state index < -0.39 is 12.1 Å². The van der Waals surface area contributed by atoms with E-state index in [9.17, 15) is 13.2 Å². The number of alkyl halides is 3. The van der Waals surface area contributed by atoms with Crippen LogP contribution in [0.25, 0.3) is 0 Å². The first kappa shape index (κ1) is 14.9. The van der Waals surface area contributed by atoms with Gasteiger partial charge in [-0.15, -0.1) is 0 Å². The maximum Gasteiger partial charge on any atom is 0.393 e. The van der Waals surface area contributed by atoms with E-state index in [1.807, 2.05) is 0 Å². The van der Waals surface area contributed by atoms with Crippen molar-refractivity contribution in [1.29, 1.82) is 0 Å². The summed E-state index contributed by atoms with van der Waals surface area (Å²) in [4.78, 5) is 1.70. The molecule has 0 aromatic rings. The van der Waals surface area contributed by atoms with Gasteiger partial charge >= 0.3 is 6.18 Å². The molecule has 0 aromatic heterocycles. The van der Waals surface area contributed by atoms with Crippen LogP contribution in [-0.2, 0) is 0 Å². The number of hydrogen-bond donors (Lipinski definition) is 1. The number of nitrogens with zero attached hydrogens (tertiary/aromatic N) is 1. The summed E-state index contributed by atoms with van der Waals surface area (Å²) >= 11 is 5.28. The quantitative estimate of drug-likeness (QED) is 0.746. The van der Waals surface area contributed by atoms with Crippen molar-refractivity contribution >= 4 is 17.3 Å². The molecule has 1 heterocycles. The summed E-state index contributed by atoms with van der Waals surface area (Å²) < 4.78 is 38.2. The normalized spacial score (nSPS) is 26.3. The van der Waals surface area contributed by atoms with Gasteiger partial charge in [-0.05, 0) is 37.9 Å². The SMILES string of the molecule is FC(F)(F)C1CCCN(C(=S)NC2CCCCC2)C1. The molecular weight excluding hydrogens is 273 g/mol. The Bertz CT molecular complexity index is 314. The lowest BCUT2D eigenvalue weighted by Gasteiger charge is -2.37. The maximum absolute atomic E-state index is 12.7. The molecule has 2 fully saturated rings. The van der Waals surface area contributed by atoms with Gasteiger partial charge in [0.2, 0.25) is 0 Å². The van der Waals surface area contributed by atoms with E-state index in [4.69, 9.17) is 12.2 Å². The zero-order valence-electron chi connectivity index (χ0n) is 11.0. The van der Waals surface area contributed by atoms with Crippen molar-refractivity contribution < 1.29 is 13.2 Å². The second-order valence-electron chi connectivity index (χ2n) is 5.61. The summed E-state index contributed by atoms with van der Waals surface area (Å²) in [6.45, 7) is 0.660. The molecule has 1 unspecified atom stereocenters. The van der Waals surface area contributed by atoms with Crippen molar-refractivity contribution in [3.8, 4) is 0 Å². The molecular formula is C13H21F3N2S. The maximum atomic E-state index is 12.7. The molecule has 0 radical (unpaired) electrons. The van der Waals surface area contributed by atoms with Gasteiger partial charge in [-0.25, -0.2) is 0 Å². The summed E-state index contributed by atoms with van der Waals surface area (Å²) in [6.07, 6.45) is 2.48. The number of nitrogens with one attached hydrogen (secondary N) is 1. The Labute approximate surface area is 117 Å². The number of hydrogen-bond acceptors (Lipinski definition) is 1. The monoisotopic (exact) mass is 294 g/mol. The smallest absolute Gasteiger partial charge is 0.360 e. The number of halogens is 3. The van der Waals surface area contributed by atoms with Gasteiger partial charge in [0.1, 0.15) is 0 Å². The second-order valence-corrected chi connectivity index (χ2v) is 6.00. The standard InChI is InChI=1S/C13H21F3N2S/c14-13(15,16)10-5-4-8-18(9-10)12(19)17-11-6-2-1-3-7-11/h10-11H,1-9H2,(H,17,19). The van der Waals surface area contributed by atoms with Gasteiger partial charge in [0.15, 0.2) is 5.11 Å². The molecule has 6 heteroatoms. The Kier molecular flexibility index (Phi) is 4.92. The minimum atomic E-state index is -4.10. The van der Waals surface area contributed by atoms with Crippen LogP contribution >= 0.6 is 12.2 Å². The summed E-state index contributed by atoms with van der Waals surface area (Å²) in [5.74, 6) is -1.23. The largest absolute Gasteiger partial charge is 0.393 e. The lowest BCUT2D eigenvalue weighted by molar-refractivity contribution is -0.183. The fraction of sp³-hybridized carbons (Fsp3) is 0.923. The van der Waals surface area contributed by atoms with Gasteiger partial charge in [-0.1, -0.05) is 19.3 Å². The van der Waals surface area contributed by atoms with Gasteiger partial charge in [-0.3, -0.25) is 0 Å². The molecule has 1 atom stereocenters. The number of rotatable bonds is 1. The van der Waals surface area contributed by atoms with E-state index in [0.29, 0.717) is 24.1 Å². The zero-order chi connectivity index (χ0) is 13.9. The van der Waals surface area contributed by atoms with Gasteiger partial charge in [0.05, 0.1) is 5.92 Å². The van der Waals surface area contributed by atoms with Gasteiger partial charge in [0, 0.05) is 19.1 Å². The van der Waals surface area contributed by atoms with Gasteiger partial charge in [0.25, 0.3) is 0 Å². The van der Waals surface area contributed by atoms with Crippen molar-refractivity contribution in [2.45, 2.75) is 57.2 Å². The van der Waals surface area contributed by atoms with E-state index in [1.165, 1.54) is 19.3 Å². The molecule has 110 valence electrons. The minimum absolute atomic E-state index is 0.0159. The van der Waals surface area contributed by atoms with Crippen LogP contribution < -0.4 is 5.32 Å². The van der Waals surface area contributed by atoms with Crippen LogP contribution in [0.3, 0.4) is 0 Å². The molecule has 1 saturated carbocycles. The molecule has 1 aliphatic carbocycles. The highest BCUT2D eigenvalue weighted by molar-refractivity contribution is 7.80. The van der Waals surface area contributed by atoms with E-state index in [2.05, 4.69) is 5.32 Å². The van der Waals surface area contributed by atoms with E-state index >= 15 is 0 Å². The third-order valence-electron chi connectivity index (χ3n) is 4.10. The fourth-order valence-corrected chi connectivity index (χ4v) is 3.27. The number of piperidine rings is 1. The van der Waals surface area contributed by atoms with E-state index in [0.717, 1.165) is 12.8 Å². The molecule has 2 rings (SSSR count). The predicted molar refractivity (Wildman–Crippen MR) is 73.0 cm³/mol. The highest BCUT2D eigenvalue weighted by Crippen LogP contribution is 2.33. The van der Waals surface area contributed by atoms with E-state index in [-0.39, 0.29) is 13.0 Å². The molecule has 2 aliphatic rings. The van der Waals surface area contributed by atoms with Crippen LogP contribution in [0, 0.1) is 5.92 Å². The van der Waals surface area contributed by atoms with Gasteiger partial charge in [-0.2, -0.15) is 13.2 Å². The van der Waals surface area contributed by atoms with Crippen molar-refractivity contribution in [1.82, 2.24) is 10.2 Å². The Balaban J connectivity index is 1.84. The molecule has 0 aromatic carbocycles. The molecule has 0 amide bonds. The Morgan fingerprint density at radius 1 is 1.05 bits per heavy atom. The highest BCUT2D eigenvalue weighted by atomic mass is 32.1. The van der Waals surface area contributed by atoms with Crippen LogP contribution in [0.5, 0.6) is 0 Å². The van der Waals surface area contributed by atoms with Crippen LogP contribution in [0.1, 0.15) is 44.9 Å². The third-order valence-corrected chi connectivity index (χ3v) is 4.48. The van der Waals surface area contributed by atoms with Crippen LogP contribution in [0.4, 0.5) is 13.2 Å². The van der Waals surface area contributed by atoms with Crippen molar-refractivity contribution in [3.05, 3.63) is 0 Å². The van der Waals surface area contributed by atoms with Crippen LogP contribution in [0.2, 0.25) is 0 Å². The zero-order valence-corrected chi connectivity index (χ0v) is 11.8. The lowest BCUT2D eigenvalue weighted by Crippen LogP contribution is -2.50. The first-order valence-electron chi connectivity index (χ1n) is 7.09. The Hall–Kier alpha value is -0.520. The third kappa shape index (κ3) is 4.23. The average molecular weight is 294 g/mol. The van der Waals surface area contributed by atoms with E-state index in [1.54, 1.807) is 4.90 Å². The number of thiocarbonyl (C=S) groups is 1. The Morgan fingerprint density at radius 3 is 2.37 bits per heavy atom. The van der Waals surface area contributed by atoms with Crippen molar-refractivity contribution in [2.75, 3.05) is 13.1 Å². The lowest BCUT2D eigenvalue weighted by atomic mass is 9.95. The Morgan fingerprint density at radius 2 is 1.74 bits per heavy atom. The molecule has 0 spiro atoms. The summed E-state index contributed by atoms with van der Waals surface area (Å²) in [5.41, 5.74) is 0. The summed E-state index contributed by atoms with van der Waals surface area (Å²) in [5, 5.41) is 3.77. The fourth-order valence-electron chi connectivity index (χ4n) is 2.94. The summed E-state index contributed by atoms with van der Waals surface area (Å²) in [6, 6.07) is 0.354. The molecule has 19 heavy (non-hydrogen) atoms. The molecule has 1 saturated heterocycles. The average Bonchev–Trinajstić information content (AvgIpc) is 2.39. The topological polar surface area (TPSA) is 15.3 Å². The number of likely N-dealkylation sites (tertiary alicyclic amines) is 1. The van der Waals surface area contributed by atoms with Crippen molar-refractivity contribution in [2.24, 2.45) is 5.92 Å². The summed E-state index contributed by atoms with van der Waals surface area (Å²) in [7, 11) is 0. The molecule has 0 bridgehead atoms. The highest BCUT2D eigenvalue weighted by Gasteiger charge is 2.42. The predicted octanol–water partition coefficient (Wildman–Crippen LogP) is 3.47.